The Balaban J connectivity index is 2.14. The minimum atomic E-state index is -0.917. The van der Waals surface area contributed by atoms with E-state index < -0.39 is 5.97 Å². The molecule has 0 atom stereocenters. The quantitative estimate of drug-likeness (QED) is 0.789. The van der Waals surface area contributed by atoms with Crippen LogP contribution in [0.4, 0.5) is 0 Å². The van der Waals surface area contributed by atoms with Crippen LogP contribution < -0.4 is 0 Å². The molecular weight excluding hydrogens is 236 g/mol. The number of rotatable bonds is 6. The van der Waals surface area contributed by atoms with Gasteiger partial charge in [-0.3, -0.25) is 0 Å². The van der Waals surface area contributed by atoms with E-state index in [0.717, 1.165) is 42.3 Å². The second-order valence-corrected chi connectivity index (χ2v) is 5.32. The molecule has 0 spiro atoms. The fraction of sp³-hybridized carbons (Fsp3) is 0.583. The van der Waals surface area contributed by atoms with Crippen LogP contribution >= 0.6 is 11.8 Å². The number of nitrogens with zero attached hydrogens (tertiary/aromatic N) is 2. The maximum atomic E-state index is 11.0. The molecule has 1 aliphatic carbocycles. The van der Waals surface area contributed by atoms with Crippen LogP contribution in [0, 0.1) is 0 Å². The highest BCUT2D eigenvalue weighted by atomic mass is 32.2. The number of carbonyl (C=O) groups is 1. The van der Waals surface area contributed by atoms with Gasteiger partial charge in [-0.15, -0.1) is 0 Å². The molecule has 1 saturated carbocycles. The SMILES string of the molecule is CCCSCc1ncc(C(=O)O)c(C2CC2)n1. The van der Waals surface area contributed by atoms with E-state index >= 15 is 0 Å². The fourth-order valence-corrected chi connectivity index (χ4v) is 2.40. The van der Waals surface area contributed by atoms with Crippen molar-refractivity contribution >= 4 is 17.7 Å². The van der Waals surface area contributed by atoms with Crippen LogP contribution in [0.25, 0.3) is 0 Å². The maximum absolute atomic E-state index is 11.0. The molecule has 0 bridgehead atoms. The smallest absolute Gasteiger partial charge is 0.339 e. The van der Waals surface area contributed by atoms with Gasteiger partial charge in [0.25, 0.3) is 0 Å². The van der Waals surface area contributed by atoms with E-state index in [9.17, 15) is 4.79 Å². The van der Waals surface area contributed by atoms with Crippen LogP contribution in [0.3, 0.4) is 0 Å². The zero-order valence-corrected chi connectivity index (χ0v) is 10.7. The number of thioether (sulfide) groups is 1. The van der Waals surface area contributed by atoms with Crippen molar-refractivity contribution in [1.29, 1.82) is 0 Å². The van der Waals surface area contributed by atoms with Gasteiger partial charge in [-0.25, -0.2) is 14.8 Å². The van der Waals surface area contributed by atoms with Crippen LogP contribution in [-0.4, -0.2) is 26.8 Å². The highest BCUT2D eigenvalue weighted by Gasteiger charge is 2.30. The predicted octanol–water partition coefficient (Wildman–Crippen LogP) is 2.70. The van der Waals surface area contributed by atoms with Crippen LogP contribution in [0.15, 0.2) is 6.20 Å². The summed E-state index contributed by atoms with van der Waals surface area (Å²) in [5, 5.41) is 9.06. The van der Waals surface area contributed by atoms with Crippen molar-refractivity contribution < 1.29 is 9.90 Å². The summed E-state index contributed by atoms with van der Waals surface area (Å²) in [6.07, 6.45) is 4.70. The first-order chi connectivity index (χ1) is 8.22. The molecule has 2 rings (SSSR count). The molecule has 1 aromatic heterocycles. The average Bonchev–Trinajstić information content (AvgIpc) is 3.13. The van der Waals surface area contributed by atoms with Crippen molar-refractivity contribution in [3.05, 3.63) is 23.3 Å². The molecule has 4 nitrogen and oxygen atoms in total. The second kappa shape index (κ2) is 5.49. The van der Waals surface area contributed by atoms with E-state index in [1.807, 2.05) is 0 Å². The first-order valence-corrected chi connectivity index (χ1v) is 7.04. The third-order valence-electron chi connectivity index (χ3n) is 2.64. The molecule has 17 heavy (non-hydrogen) atoms. The predicted molar refractivity (Wildman–Crippen MR) is 67.4 cm³/mol. The van der Waals surface area contributed by atoms with Gasteiger partial charge in [0.1, 0.15) is 5.82 Å². The fourth-order valence-electron chi connectivity index (χ4n) is 1.64. The maximum Gasteiger partial charge on any atom is 0.339 e. The van der Waals surface area contributed by atoms with Crippen LogP contribution in [-0.2, 0) is 5.75 Å². The standard InChI is InChI=1S/C12H16N2O2S/c1-2-5-17-7-10-13-6-9(12(15)16)11(14-10)8-3-4-8/h6,8H,2-5,7H2,1H3,(H,15,16). The van der Waals surface area contributed by atoms with Crippen LogP contribution in [0.1, 0.15) is 54.0 Å². The van der Waals surface area contributed by atoms with E-state index in [0.29, 0.717) is 5.92 Å². The van der Waals surface area contributed by atoms with Gasteiger partial charge in [0, 0.05) is 12.1 Å². The van der Waals surface area contributed by atoms with Gasteiger partial charge >= 0.3 is 5.97 Å². The lowest BCUT2D eigenvalue weighted by atomic mass is 10.1. The number of carboxylic acid groups (broad SMARTS) is 1. The number of hydrogen-bond donors (Lipinski definition) is 1. The van der Waals surface area contributed by atoms with Crippen molar-refractivity contribution in [1.82, 2.24) is 9.97 Å². The molecule has 1 fully saturated rings. The Morgan fingerprint density at radius 1 is 1.59 bits per heavy atom. The average molecular weight is 252 g/mol. The van der Waals surface area contributed by atoms with Crippen molar-refractivity contribution in [2.24, 2.45) is 0 Å². The van der Waals surface area contributed by atoms with E-state index in [1.54, 1.807) is 11.8 Å². The first-order valence-electron chi connectivity index (χ1n) is 5.89. The lowest BCUT2D eigenvalue weighted by molar-refractivity contribution is 0.0694. The van der Waals surface area contributed by atoms with Gasteiger partial charge in [0.15, 0.2) is 0 Å². The summed E-state index contributed by atoms with van der Waals surface area (Å²) in [7, 11) is 0. The van der Waals surface area contributed by atoms with E-state index in [-0.39, 0.29) is 5.56 Å². The second-order valence-electron chi connectivity index (χ2n) is 4.22. The summed E-state index contributed by atoms with van der Waals surface area (Å²) in [6, 6.07) is 0. The van der Waals surface area contributed by atoms with E-state index in [4.69, 9.17) is 5.11 Å². The molecule has 0 saturated heterocycles. The van der Waals surface area contributed by atoms with Crippen LogP contribution in [0.5, 0.6) is 0 Å². The topological polar surface area (TPSA) is 63.1 Å². The molecule has 1 aromatic rings. The number of carboxylic acids is 1. The Morgan fingerprint density at radius 2 is 2.35 bits per heavy atom. The summed E-state index contributed by atoms with van der Waals surface area (Å²) in [5.41, 5.74) is 1.01. The van der Waals surface area contributed by atoms with Gasteiger partial charge in [-0.2, -0.15) is 11.8 Å². The van der Waals surface area contributed by atoms with Crippen LogP contribution in [0.2, 0.25) is 0 Å². The van der Waals surface area contributed by atoms with Gasteiger partial charge in [-0.1, -0.05) is 6.92 Å². The monoisotopic (exact) mass is 252 g/mol. The Kier molecular flexibility index (Phi) is 3.99. The number of aromatic nitrogens is 2. The summed E-state index contributed by atoms with van der Waals surface area (Å²) in [6.45, 7) is 2.14. The van der Waals surface area contributed by atoms with Gasteiger partial charge in [0.2, 0.25) is 0 Å². The Labute approximate surface area is 105 Å². The molecule has 0 unspecified atom stereocenters. The molecule has 92 valence electrons. The molecule has 1 aliphatic rings. The zero-order valence-electron chi connectivity index (χ0n) is 9.85. The Morgan fingerprint density at radius 3 is 2.94 bits per heavy atom. The van der Waals surface area contributed by atoms with Crippen molar-refractivity contribution in [3.8, 4) is 0 Å². The first kappa shape index (κ1) is 12.4. The van der Waals surface area contributed by atoms with Crippen molar-refractivity contribution in [3.63, 3.8) is 0 Å². The summed E-state index contributed by atoms with van der Waals surface area (Å²) in [5.74, 6) is 2.05. The minimum absolute atomic E-state index is 0.275. The molecule has 0 radical (unpaired) electrons. The molecule has 0 amide bonds. The lowest BCUT2D eigenvalue weighted by Crippen LogP contribution is -2.08. The van der Waals surface area contributed by atoms with Gasteiger partial charge in [-0.05, 0) is 25.0 Å². The molecule has 5 heteroatoms. The van der Waals surface area contributed by atoms with E-state index in [1.165, 1.54) is 6.20 Å². The summed E-state index contributed by atoms with van der Waals surface area (Å²) in [4.78, 5) is 19.6. The normalized spacial score (nSPS) is 14.9. The molecule has 0 aromatic carbocycles. The third-order valence-corrected chi connectivity index (χ3v) is 3.80. The molecule has 1 heterocycles. The zero-order chi connectivity index (χ0) is 12.3. The largest absolute Gasteiger partial charge is 0.478 e. The molecule has 1 N–H and O–H groups in total. The van der Waals surface area contributed by atoms with Gasteiger partial charge in [0.05, 0.1) is 17.0 Å². The lowest BCUT2D eigenvalue weighted by Gasteiger charge is -2.06. The highest BCUT2D eigenvalue weighted by Crippen LogP contribution is 2.40. The number of aromatic carboxylic acids is 1. The summed E-state index contributed by atoms with van der Waals surface area (Å²) >= 11 is 1.79. The molecular formula is C12H16N2O2S. The third kappa shape index (κ3) is 3.19. The van der Waals surface area contributed by atoms with E-state index in [2.05, 4.69) is 16.9 Å². The number of hydrogen-bond acceptors (Lipinski definition) is 4. The Hall–Kier alpha value is -1.10. The summed E-state index contributed by atoms with van der Waals surface area (Å²) < 4.78 is 0. The van der Waals surface area contributed by atoms with Gasteiger partial charge < -0.3 is 5.11 Å². The Bertz CT molecular complexity index is 419. The van der Waals surface area contributed by atoms with Crippen molar-refractivity contribution in [2.45, 2.75) is 37.9 Å². The van der Waals surface area contributed by atoms with Crippen molar-refractivity contribution in [2.75, 3.05) is 5.75 Å². The minimum Gasteiger partial charge on any atom is -0.478 e. The molecule has 0 aliphatic heterocycles. The highest BCUT2D eigenvalue weighted by molar-refractivity contribution is 7.98.